The third-order valence-electron chi connectivity index (χ3n) is 5.43. The lowest BCUT2D eigenvalue weighted by molar-refractivity contribution is -0.210. The fourth-order valence-electron chi connectivity index (χ4n) is 4.05. The van der Waals surface area contributed by atoms with E-state index in [0.29, 0.717) is 0 Å². The van der Waals surface area contributed by atoms with Crippen molar-refractivity contribution in [1.29, 1.82) is 0 Å². The maximum atomic E-state index is 12.6. The maximum Gasteiger partial charge on any atom is 0.407 e. The molecule has 0 bridgehead atoms. The van der Waals surface area contributed by atoms with Crippen LogP contribution >= 0.6 is 34.8 Å². The fraction of sp³-hybridized carbons (Fsp3) is 0.842. The van der Waals surface area contributed by atoms with Gasteiger partial charge in [-0.3, -0.25) is 9.59 Å². The molecular weight excluding hydrogens is 491 g/mol. The number of fused-ring (bicyclic) bond motifs is 1. The standard InChI is InChI=1S/C19H27Cl3N2O8/c1-9(25)23-16-15-14(30-17(31-15)19(20,21)22)13(12(29-16)8-28-10(2)26)32-18(27)24-11-6-4-3-5-7-11/h11-17H,3-8H2,1-2H3,(H,23,25)(H,24,27)/t12-,13+,14-,15-,16-,17?/m1/s1. The Morgan fingerprint density at radius 1 is 0.969 bits per heavy atom. The number of hydrogen-bond donors (Lipinski definition) is 2. The van der Waals surface area contributed by atoms with Crippen molar-refractivity contribution in [3.8, 4) is 0 Å². The first-order chi connectivity index (χ1) is 15.0. The summed E-state index contributed by atoms with van der Waals surface area (Å²) in [6.07, 6.45) is -2.02. The lowest BCUT2D eigenvalue weighted by Gasteiger charge is -2.41. The number of nitrogens with one attached hydrogen (secondary N) is 2. The van der Waals surface area contributed by atoms with Crippen LogP contribution in [0.3, 0.4) is 0 Å². The zero-order valence-electron chi connectivity index (χ0n) is 17.7. The molecule has 1 saturated carbocycles. The average Bonchev–Trinajstić information content (AvgIpc) is 3.15. The summed E-state index contributed by atoms with van der Waals surface area (Å²) >= 11 is 17.8. The van der Waals surface area contributed by atoms with Crippen LogP contribution in [0.15, 0.2) is 0 Å². The molecule has 6 atom stereocenters. The Bertz CT molecular complexity index is 701. The highest BCUT2D eigenvalue weighted by atomic mass is 35.6. The van der Waals surface area contributed by atoms with E-state index in [1.807, 2.05) is 0 Å². The minimum atomic E-state index is -1.95. The molecule has 2 aliphatic heterocycles. The van der Waals surface area contributed by atoms with Gasteiger partial charge in [0.15, 0.2) is 12.3 Å². The van der Waals surface area contributed by atoms with Crippen molar-refractivity contribution in [3.63, 3.8) is 0 Å². The number of esters is 1. The van der Waals surface area contributed by atoms with Gasteiger partial charge in [-0.2, -0.15) is 0 Å². The van der Waals surface area contributed by atoms with E-state index in [1.165, 1.54) is 13.8 Å². The van der Waals surface area contributed by atoms with Gasteiger partial charge in [-0.1, -0.05) is 54.1 Å². The first-order valence-corrected chi connectivity index (χ1v) is 11.6. The van der Waals surface area contributed by atoms with Gasteiger partial charge < -0.3 is 34.3 Å². The number of carbonyl (C=O) groups is 3. The molecule has 182 valence electrons. The molecule has 1 unspecified atom stereocenters. The number of ether oxygens (including phenoxy) is 5. The van der Waals surface area contributed by atoms with Gasteiger partial charge in [0, 0.05) is 19.9 Å². The van der Waals surface area contributed by atoms with Gasteiger partial charge in [0.2, 0.25) is 16.0 Å². The first-order valence-electron chi connectivity index (χ1n) is 10.5. The Balaban J connectivity index is 1.79. The first kappa shape index (κ1) is 25.6. The highest BCUT2D eigenvalue weighted by Gasteiger charge is 2.58. The van der Waals surface area contributed by atoms with Gasteiger partial charge in [-0.25, -0.2) is 4.79 Å². The molecule has 0 aromatic heterocycles. The molecule has 2 N–H and O–H groups in total. The van der Waals surface area contributed by atoms with E-state index in [2.05, 4.69) is 10.6 Å². The lowest BCUT2D eigenvalue weighted by atomic mass is 9.96. The lowest BCUT2D eigenvalue weighted by Crippen LogP contribution is -2.63. The highest BCUT2D eigenvalue weighted by Crippen LogP contribution is 2.42. The molecule has 2 heterocycles. The molecule has 1 aliphatic carbocycles. The van der Waals surface area contributed by atoms with E-state index >= 15 is 0 Å². The molecule has 10 nitrogen and oxygen atoms in total. The van der Waals surface area contributed by atoms with E-state index < -0.39 is 58.7 Å². The third kappa shape index (κ3) is 6.74. The van der Waals surface area contributed by atoms with Crippen LogP contribution in [-0.4, -0.2) is 71.3 Å². The largest absolute Gasteiger partial charge is 0.463 e. The predicted molar refractivity (Wildman–Crippen MR) is 113 cm³/mol. The van der Waals surface area contributed by atoms with Crippen LogP contribution in [0.4, 0.5) is 4.79 Å². The summed E-state index contributed by atoms with van der Waals surface area (Å²) < 4.78 is 26.2. The second-order valence-electron chi connectivity index (χ2n) is 8.02. The summed E-state index contributed by atoms with van der Waals surface area (Å²) in [7, 11) is 0. The molecule has 2 amide bonds. The van der Waals surface area contributed by atoms with E-state index in [9.17, 15) is 14.4 Å². The summed E-state index contributed by atoms with van der Waals surface area (Å²) in [5, 5.41) is 5.44. The Morgan fingerprint density at radius 2 is 1.62 bits per heavy atom. The van der Waals surface area contributed by atoms with Crippen LogP contribution in [0.1, 0.15) is 46.0 Å². The Hall–Kier alpha value is -1.04. The molecular formula is C19H27Cl3N2O8. The molecule has 3 fully saturated rings. The van der Waals surface area contributed by atoms with Crippen LogP contribution in [0, 0.1) is 0 Å². The van der Waals surface area contributed by atoms with Crippen molar-refractivity contribution < 1.29 is 38.1 Å². The second kappa shape index (κ2) is 10.9. The van der Waals surface area contributed by atoms with Gasteiger partial charge in [-0.05, 0) is 12.8 Å². The summed E-state index contributed by atoms with van der Waals surface area (Å²) in [6, 6.07) is 0.00488. The number of halogens is 3. The Labute approximate surface area is 200 Å². The zero-order chi connectivity index (χ0) is 23.5. The molecule has 2 saturated heterocycles. The van der Waals surface area contributed by atoms with Crippen LogP contribution < -0.4 is 10.6 Å². The minimum absolute atomic E-state index is 0.00488. The quantitative estimate of drug-likeness (QED) is 0.421. The van der Waals surface area contributed by atoms with Gasteiger partial charge >= 0.3 is 12.1 Å². The molecule has 0 aromatic rings. The normalized spacial score (nSPS) is 33.2. The molecule has 0 aromatic carbocycles. The topological polar surface area (TPSA) is 121 Å². The molecule has 0 spiro atoms. The van der Waals surface area contributed by atoms with Crippen molar-refractivity contribution in [1.82, 2.24) is 10.6 Å². The van der Waals surface area contributed by atoms with Crippen molar-refractivity contribution in [2.45, 2.75) is 92.7 Å². The van der Waals surface area contributed by atoms with Gasteiger partial charge in [0.05, 0.1) is 0 Å². The number of carbonyl (C=O) groups excluding carboxylic acids is 3. The maximum absolute atomic E-state index is 12.6. The summed E-state index contributed by atoms with van der Waals surface area (Å²) in [5.41, 5.74) is 0. The molecule has 3 aliphatic rings. The summed E-state index contributed by atoms with van der Waals surface area (Å²) in [5.74, 6) is -0.963. The van der Waals surface area contributed by atoms with Crippen molar-refractivity contribution in [2.75, 3.05) is 6.61 Å². The van der Waals surface area contributed by atoms with Crippen molar-refractivity contribution in [2.24, 2.45) is 0 Å². The highest BCUT2D eigenvalue weighted by molar-refractivity contribution is 6.67. The van der Waals surface area contributed by atoms with Crippen molar-refractivity contribution >= 4 is 52.8 Å². The van der Waals surface area contributed by atoms with Gasteiger partial charge in [0.25, 0.3) is 0 Å². The van der Waals surface area contributed by atoms with Crippen LogP contribution in [0.5, 0.6) is 0 Å². The van der Waals surface area contributed by atoms with E-state index in [-0.39, 0.29) is 12.6 Å². The summed E-state index contributed by atoms with van der Waals surface area (Å²) in [6.45, 7) is 2.27. The van der Waals surface area contributed by atoms with E-state index in [0.717, 1.165) is 32.1 Å². The molecule has 3 rings (SSSR count). The van der Waals surface area contributed by atoms with E-state index in [1.54, 1.807) is 0 Å². The van der Waals surface area contributed by atoms with E-state index in [4.69, 9.17) is 58.5 Å². The predicted octanol–water partition coefficient (Wildman–Crippen LogP) is 2.32. The Kier molecular flexibility index (Phi) is 8.73. The number of rotatable bonds is 5. The second-order valence-corrected chi connectivity index (χ2v) is 10.4. The molecule has 32 heavy (non-hydrogen) atoms. The van der Waals surface area contributed by atoms with Gasteiger partial charge in [0.1, 0.15) is 24.9 Å². The monoisotopic (exact) mass is 516 g/mol. The molecule has 0 radical (unpaired) electrons. The molecule has 13 heteroatoms. The van der Waals surface area contributed by atoms with Crippen LogP contribution in [-0.2, 0) is 33.3 Å². The minimum Gasteiger partial charge on any atom is -0.463 e. The van der Waals surface area contributed by atoms with Crippen molar-refractivity contribution in [3.05, 3.63) is 0 Å². The third-order valence-corrected chi connectivity index (χ3v) is 5.96. The SMILES string of the molecule is CC(=O)N[C@@H]1O[C@H](COC(C)=O)[C@H](OC(=O)NC2CCCCC2)[C@H]2OC(C(Cl)(Cl)Cl)O[C@H]21. The average molecular weight is 518 g/mol. The number of alkyl carbamates (subject to hydrolysis) is 1. The number of amides is 2. The smallest absolute Gasteiger partial charge is 0.407 e. The number of hydrogen-bond acceptors (Lipinski definition) is 8. The van der Waals surface area contributed by atoms with Crippen LogP contribution in [0.2, 0.25) is 0 Å². The number of alkyl halides is 3. The van der Waals surface area contributed by atoms with Gasteiger partial charge in [-0.15, -0.1) is 0 Å². The Morgan fingerprint density at radius 3 is 2.22 bits per heavy atom. The zero-order valence-corrected chi connectivity index (χ0v) is 20.0. The summed E-state index contributed by atoms with van der Waals surface area (Å²) in [4.78, 5) is 35.7. The fourth-order valence-corrected chi connectivity index (χ4v) is 4.36. The van der Waals surface area contributed by atoms with Crippen LogP contribution in [0.25, 0.3) is 0 Å².